The molecule has 1 aromatic heterocycles. The van der Waals surface area contributed by atoms with E-state index in [-0.39, 0.29) is 0 Å². The minimum atomic E-state index is 1.08. The van der Waals surface area contributed by atoms with E-state index in [1.54, 1.807) is 0 Å². The van der Waals surface area contributed by atoms with Crippen LogP contribution in [0, 0.1) is 6.92 Å². The maximum absolute atomic E-state index is 4.36. The van der Waals surface area contributed by atoms with E-state index in [0.717, 1.165) is 15.8 Å². The molecule has 2 rings (SSSR count). The standard InChI is InChI=1S/C10H11NSi/c1-7-2-3-10-8(4-7)5-9(12)6-11-10/h2-6H,1,12H3. The lowest BCUT2D eigenvalue weighted by Gasteiger charge is -1.99. The molecule has 1 aromatic carbocycles. The van der Waals surface area contributed by atoms with Crippen LogP contribution in [0.2, 0.25) is 0 Å². The van der Waals surface area contributed by atoms with E-state index in [1.165, 1.54) is 16.1 Å². The molecule has 1 nitrogen and oxygen atoms in total. The number of aromatic nitrogens is 1. The quantitative estimate of drug-likeness (QED) is 0.530. The van der Waals surface area contributed by atoms with Crippen LogP contribution in [0.3, 0.4) is 0 Å². The number of benzene rings is 1. The third-order valence-electron chi connectivity index (χ3n) is 1.97. The van der Waals surface area contributed by atoms with Crippen molar-refractivity contribution in [2.75, 3.05) is 0 Å². The minimum absolute atomic E-state index is 1.08. The lowest BCUT2D eigenvalue weighted by Crippen LogP contribution is -2.01. The number of fused-ring (bicyclic) bond motifs is 1. The zero-order valence-electron chi connectivity index (χ0n) is 7.33. The number of hydrogen-bond donors (Lipinski definition) is 0. The summed E-state index contributed by atoms with van der Waals surface area (Å²) in [6.45, 7) is 2.11. The molecule has 0 saturated carbocycles. The highest BCUT2D eigenvalue weighted by Crippen LogP contribution is 2.10. The molecule has 2 heteroatoms. The first-order valence-electron chi connectivity index (χ1n) is 4.09. The van der Waals surface area contributed by atoms with Crippen molar-refractivity contribution in [2.45, 2.75) is 6.92 Å². The number of nitrogens with zero attached hydrogens (tertiary/aromatic N) is 1. The van der Waals surface area contributed by atoms with Crippen molar-refractivity contribution in [3.8, 4) is 0 Å². The molecule has 12 heavy (non-hydrogen) atoms. The van der Waals surface area contributed by atoms with Crippen molar-refractivity contribution in [2.24, 2.45) is 0 Å². The molecule has 0 N–H and O–H groups in total. The summed E-state index contributed by atoms with van der Waals surface area (Å²) in [6, 6.07) is 8.58. The van der Waals surface area contributed by atoms with Crippen molar-refractivity contribution in [3.63, 3.8) is 0 Å². The van der Waals surface area contributed by atoms with E-state index in [0.29, 0.717) is 0 Å². The zero-order valence-corrected chi connectivity index (χ0v) is 9.33. The van der Waals surface area contributed by atoms with Gasteiger partial charge >= 0.3 is 0 Å². The van der Waals surface area contributed by atoms with Gasteiger partial charge < -0.3 is 0 Å². The molecule has 0 amide bonds. The van der Waals surface area contributed by atoms with E-state index >= 15 is 0 Å². The van der Waals surface area contributed by atoms with Crippen LogP contribution in [-0.2, 0) is 0 Å². The first-order chi connectivity index (χ1) is 5.75. The van der Waals surface area contributed by atoms with Gasteiger partial charge in [-0.05, 0) is 19.1 Å². The molecule has 60 valence electrons. The summed E-state index contributed by atoms with van der Waals surface area (Å²) in [6.07, 6.45) is 1.96. The van der Waals surface area contributed by atoms with Gasteiger partial charge in [0, 0.05) is 21.8 Å². The molecule has 1 heterocycles. The number of pyridine rings is 1. The van der Waals surface area contributed by atoms with Crippen LogP contribution in [0.4, 0.5) is 0 Å². The van der Waals surface area contributed by atoms with Crippen LogP contribution in [0.25, 0.3) is 10.9 Å². The van der Waals surface area contributed by atoms with Gasteiger partial charge in [-0.2, -0.15) is 0 Å². The second kappa shape index (κ2) is 2.72. The molecule has 2 aromatic rings. The Balaban J connectivity index is 2.80. The molecular formula is C10H11NSi. The molecular weight excluding hydrogens is 162 g/mol. The van der Waals surface area contributed by atoms with Gasteiger partial charge in [-0.25, -0.2) is 0 Å². The van der Waals surface area contributed by atoms with Gasteiger partial charge in [0.15, 0.2) is 0 Å². The maximum Gasteiger partial charge on any atom is 0.0702 e. The third kappa shape index (κ3) is 1.25. The first kappa shape index (κ1) is 7.49. The van der Waals surface area contributed by atoms with Gasteiger partial charge in [0.25, 0.3) is 0 Å². The summed E-state index contributed by atoms with van der Waals surface area (Å²) in [4.78, 5) is 4.36. The number of hydrogen-bond acceptors (Lipinski definition) is 1. The van der Waals surface area contributed by atoms with Gasteiger partial charge in [0.05, 0.1) is 5.52 Å². The van der Waals surface area contributed by atoms with Crippen LogP contribution in [-0.4, -0.2) is 15.2 Å². The second-order valence-electron chi connectivity index (χ2n) is 3.21. The molecule has 0 bridgehead atoms. The number of rotatable bonds is 0. The predicted molar refractivity (Wildman–Crippen MR) is 56.1 cm³/mol. The van der Waals surface area contributed by atoms with E-state index in [1.807, 2.05) is 6.20 Å². The summed E-state index contributed by atoms with van der Waals surface area (Å²) < 4.78 is 0. The average Bonchev–Trinajstić information content (AvgIpc) is 2.03. The first-order valence-corrected chi connectivity index (χ1v) is 5.09. The Bertz CT molecular complexity index is 386. The maximum atomic E-state index is 4.36. The van der Waals surface area contributed by atoms with E-state index in [4.69, 9.17) is 0 Å². The fourth-order valence-corrected chi connectivity index (χ4v) is 1.80. The summed E-state index contributed by atoms with van der Waals surface area (Å²) in [5.74, 6) is 0. The van der Waals surface area contributed by atoms with Crippen LogP contribution in [0.15, 0.2) is 30.5 Å². The van der Waals surface area contributed by atoms with Crippen LogP contribution >= 0.6 is 0 Å². The Kier molecular flexibility index (Phi) is 1.70. The normalized spacial score (nSPS) is 10.8. The molecule has 0 radical (unpaired) electrons. The molecule has 0 unspecified atom stereocenters. The van der Waals surface area contributed by atoms with Gasteiger partial charge in [0.2, 0.25) is 0 Å². The Morgan fingerprint density at radius 3 is 2.92 bits per heavy atom. The summed E-state index contributed by atoms with van der Waals surface area (Å²) in [5.41, 5.74) is 2.40. The summed E-state index contributed by atoms with van der Waals surface area (Å²) in [5, 5.41) is 2.62. The Hall–Kier alpha value is -1.15. The van der Waals surface area contributed by atoms with Crippen molar-refractivity contribution in [1.29, 1.82) is 0 Å². The van der Waals surface area contributed by atoms with Gasteiger partial charge in [-0.15, -0.1) is 0 Å². The summed E-state index contributed by atoms with van der Waals surface area (Å²) in [7, 11) is 1.08. The molecule has 0 spiro atoms. The fraction of sp³-hybridized carbons (Fsp3) is 0.100. The van der Waals surface area contributed by atoms with Crippen molar-refractivity contribution in [1.82, 2.24) is 4.98 Å². The SMILES string of the molecule is Cc1ccc2ncc([SiH3])cc2c1. The topological polar surface area (TPSA) is 12.9 Å². The van der Waals surface area contributed by atoms with Crippen LogP contribution in [0.5, 0.6) is 0 Å². The molecule has 0 aliphatic heterocycles. The van der Waals surface area contributed by atoms with E-state index in [9.17, 15) is 0 Å². The fourth-order valence-electron chi connectivity index (χ4n) is 1.36. The Morgan fingerprint density at radius 1 is 1.25 bits per heavy atom. The van der Waals surface area contributed by atoms with Gasteiger partial charge in [-0.1, -0.05) is 22.9 Å². The van der Waals surface area contributed by atoms with Crippen LogP contribution < -0.4 is 5.19 Å². The van der Waals surface area contributed by atoms with Crippen molar-refractivity contribution in [3.05, 3.63) is 36.0 Å². The summed E-state index contributed by atoms with van der Waals surface area (Å²) >= 11 is 0. The van der Waals surface area contributed by atoms with Gasteiger partial charge in [-0.3, -0.25) is 4.98 Å². The van der Waals surface area contributed by atoms with Crippen LogP contribution in [0.1, 0.15) is 5.56 Å². The highest BCUT2D eigenvalue weighted by Gasteiger charge is 1.93. The molecule has 0 fully saturated rings. The lowest BCUT2D eigenvalue weighted by molar-refractivity contribution is 1.41. The highest BCUT2D eigenvalue weighted by molar-refractivity contribution is 6.32. The molecule has 0 atom stereocenters. The monoisotopic (exact) mass is 173 g/mol. The third-order valence-corrected chi connectivity index (χ3v) is 2.52. The van der Waals surface area contributed by atoms with Crippen molar-refractivity contribution >= 4 is 26.3 Å². The van der Waals surface area contributed by atoms with E-state index in [2.05, 4.69) is 36.2 Å². The molecule has 0 saturated heterocycles. The van der Waals surface area contributed by atoms with Crippen molar-refractivity contribution < 1.29 is 0 Å². The largest absolute Gasteiger partial charge is 0.256 e. The smallest absolute Gasteiger partial charge is 0.0702 e. The molecule has 0 aliphatic rings. The van der Waals surface area contributed by atoms with Gasteiger partial charge in [0.1, 0.15) is 0 Å². The lowest BCUT2D eigenvalue weighted by atomic mass is 10.1. The van der Waals surface area contributed by atoms with E-state index < -0.39 is 0 Å². The number of aryl methyl sites for hydroxylation is 1. The predicted octanol–water partition coefficient (Wildman–Crippen LogP) is 0.534. The highest BCUT2D eigenvalue weighted by atomic mass is 28.1. The average molecular weight is 173 g/mol. The Labute approximate surface area is 74.9 Å². The second-order valence-corrected chi connectivity index (χ2v) is 4.36. The molecule has 0 aliphatic carbocycles. The minimum Gasteiger partial charge on any atom is -0.256 e. The zero-order chi connectivity index (χ0) is 8.55. The Morgan fingerprint density at radius 2 is 2.08 bits per heavy atom.